The zero-order valence-corrected chi connectivity index (χ0v) is 12.3. The number of rotatable bonds is 2. The predicted octanol–water partition coefficient (Wildman–Crippen LogP) is 1.90. The number of thiophene rings is 1. The van der Waals surface area contributed by atoms with E-state index in [1.165, 1.54) is 12.1 Å². The SMILES string of the molecule is CC1NCCN(C(=O)c2ccc([N+](=O)[O-])s2)C1C.Cl. The van der Waals surface area contributed by atoms with Crippen LogP contribution in [0.25, 0.3) is 0 Å². The van der Waals surface area contributed by atoms with Crippen LogP contribution in [-0.4, -0.2) is 40.9 Å². The molecule has 0 radical (unpaired) electrons. The summed E-state index contributed by atoms with van der Waals surface area (Å²) in [5, 5.41) is 13.9. The molecule has 106 valence electrons. The summed E-state index contributed by atoms with van der Waals surface area (Å²) in [7, 11) is 0. The van der Waals surface area contributed by atoms with Crippen molar-refractivity contribution in [3.8, 4) is 0 Å². The third-order valence-electron chi connectivity index (χ3n) is 3.28. The molecule has 0 spiro atoms. The number of nitro groups is 1. The minimum Gasteiger partial charge on any atom is -0.332 e. The lowest BCUT2D eigenvalue weighted by molar-refractivity contribution is -0.380. The molecular formula is C11H16ClN3O3S. The van der Waals surface area contributed by atoms with Crippen molar-refractivity contribution in [3.05, 3.63) is 27.1 Å². The average Bonchev–Trinajstić information content (AvgIpc) is 2.81. The van der Waals surface area contributed by atoms with Gasteiger partial charge in [0.25, 0.3) is 5.91 Å². The van der Waals surface area contributed by atoms with Crippen molar-refractivity contribution in [2.75, 3.05) is 13.1 Å². The molecule has 0 bridgehead atoms. The minimum absolute atomic E-state index is 0. The lowest BCUT2D eigenvalue weighted by Crippen LogP contribution is -2.57. The van der Waals surface area contributed by atoms with Gasteiger partial charge in [-0.1, -0.05) is 11.3 Å². The Morgan fingerprint density at radius 1 is 1.53 bits per heavy atom. The molecule has 0 saturated carbocycles. The molecule has 2 rings (SSSR count). The lowest BCUT2D eigenvalue weighted by atomic mass is 10.1. The number of hydrogen-bond donors (Lipinski definition) is 1. The number of amides is 1. The van der Waals surface area contributed by atoms with Gasteiger partial charge in [0.1, 0.15) is 0 Å². The van der Waals surface area contributed by atoms with Gasteiger partial charge in [-0.25, -0.2) is 0 Å². The molecule has 1 saturated heterocycles. The second-order valence-corrected chi connectivity index (χ2v) is 5.44. The normalized spacial score (nSPS) is 22.7. The van der Waals surface area contributed by atoms with E-state index >= 15 is 0 Å². The molecule has 0 aliphatic carbocycles. The van der Waals surface area contributed by atoms with Crippen LogP contribution in [0.15, 0.2) is 12.1 Å². The Labute approximate surface area is 121 Å². The summed E-state index contributed by atoms with van der Waals surface area (Å²) in [5.41, 5.74) is 0. The quantitative estimate of drug-likeness (QED) is 0.669. The first kappa shape index (κ1) is 15.9. The minimum atomic E-state index is -0.467. The number of piperazine rings is 1. The van der Waals surface area contributed by atoms with Crippen LogP contribution in [0.4, 0.5) is 5.00 Å². The number of halogens is 1. The van der Waals surface area contributed by atoms with Crippen LogP contribution in [0.3, 0.4) is 0 Å². The van der Waals surface area contributed by atoms with Crippen molar-refractivity contribution in [1.82, 2.24) is 10.2 Å². The highest BCUT2D eigenvalue weighted by molar-refractivity contribution is 7.17. The zero-order chi connectivity index (χ0) is 13.3. The van der Waals surface area contributed by atoms with E-state index in [1.807, 2.05) is 13.8 Å². The van der Waals surface area contributed by atoms with Gasteiger partial charge in [-0.3, -0.25) is 14.9 Å². The molecule has 1 fully saturated rings. The highest BCUT2D eigenvalue weighted by atomic mass is 35.5. The van der Waals surface area contributed by atoms with E-state index in [2.05, 4.69) is 5.32 Å². The maximum absolute atomic E-state index is 12.3. The monoisotopic (exact) mass is 305 g/mol. The van der Waals surface area contributed by atoms with Gasteiger partial charge in [0.05, 0.1) is 9.80 Å². The van der Waals surface area contributed by atoms with Crippen LogP contribution in [-0.2, 0) is 0 Å². The number of carbonyl (C=O) groups excluding carboxylic acids is 1. The van der Waals surface area contributed by atoms with Crippen molar-refractivity contribution < 1.29 is 9.72 Å². The molecule has 0 aromatic carbocycles. The van der Waals surface area contributed by atoms with E-state index in [9.17, 15) is 14.9 Å². The highest BCUT2D eigenvalue weighted by Gasteiger charge is 2.30. The molecule has 6 nitrogen and oxygen atoms in total. The Morgan fingerprint density at radius 3 is 2.79 bits per heavy atom. The Morgan fingerprint density at radius 2 is 2.21 bits per heavy atom. The van der Waals surface area contributed by atoms with Crippen LogP contribution in [0, 0.1) is 10.1 Å². The van der Waals surface area contributed by atoms with Gasteiger partial charge in [0, 0.05) is 31.2 Å². The van der Waals surface area contributed by atoms with Gasteiger partial charge in [-0.05, 0) is 19.9 Å². The maximum Gasteiger partial charge on any atom is 0.324 e. The summed E-state index contributed by atoms with van der Waals surface area (Å²) < 4.78 is 0. The van der Waals surface area contributed by atoms with Gasteiger partial charge < -0.3 is 10.2 Å². The van der Waals surface area contributed by atoms with E-state index < -0.39 is 4.92 Å². The molecule has 2 unspecified atom stereocenters. The molecule has 2 heterocycles. The Hall–Kier alpha value is -1.18. The second-order valence-electron chi connectivity index (χ2n) is 4.38. The smallest absolute Gasteiger partial charge is 0.324 e. The topological polar surface area (TPSA) is 75.5 Å². The van der Waals surface area contributed by atoms with Crippen molar-refractivity contribution >= 4 is 34.7 Å². The molecule has 1 amide bonds. The molecule has 1 N–H and O–H groups in total. The van der Waals surface area contributed by atoms with E-state index in [0.29, 0.717) is 11.4 Å². The summed E-state index contributed by atoms with van der Waals surface area (Å²) in [6, 6.07) is 3.24. The van der Waals surface area contributed by atoms with Crippen molar-refractivity contribution in [1.29, 1.82) is 0 Å². The maximum atomic E-state index is 12.3. The predicted molar refractivity (Wildman–Crippen MR) is 76.2 cm³/mol. The van der Waals surface area contributed by atoms with Gasteiger partial charge in [-0.2, -0.15) is 0 Å². The van der Waals surface area contributed by atoms with Gasteiger partial charge in [0.2, 0.25) is 0 Å². The van der Waals surface area contributed by atoms with Gasteiger partial charge >= 0.3 is 5.00 Å². The summed E-state index contributed by atoms with van der Waals surface area (Å²) in [5.74, 6) is -0.117. The molecule has 1 aromatic rings. The van der Waals surface area contributed by atoms with E-state index in [1.54, 1.807) is 4.90 Å². The second kappa shape index (κ2) is 6.31. The zero-order valence-electron chi connectivity index (χ0n) is 10.7. The summed E-state index contributed by atoms with van der Waals surface area (Å²) in [6.45, 7) is 5.40. The van der Waals surface area contributed by atoms with E-state index in [0.717, 1.165) is 17.9 Å². The Kier molecular flexibility index (Phi) is 5.28. The largest absolute Gasteiger partial charge is 0.332 e. The first-order valence-electron chi connectivity index (χ1n) is 5.79. The third-order valence-corrected chi connectivity index (χ3v) is 4.30. The van der Waals surface area contributed by atoms with Crippen LogP contribution in [0.1, 0.15) is 23.5 Å². The molecular weight excluding hydrogens is 290 g/mol. The highest BCUT2D eigenvalue weighted by Crippen LogP contribution is 2.26. The average molecular weight is 306 g/mol. The van der Waals surface area contributed by atoms with Gasteiger partial charge in [-0.15, -0.1) is 12.4 Å². The molecule has 1 aliphatic heterocycles. The first-order chi connectivity index (χ1) is 8.50. The van der Waals surface area contributed by atoms with E-state index in [-0.39, 0.29) is 35.4 Å². The Bertz CT molecular complexity index is 480. The Balaban J connectivity index is 0.00000180. The molecule has 8 heteroatoms. The number of nitrogens with zero attached hydrogens (tertiary/aromatic N) is 2. The van der Waals surface area contributed by atoms with Crippen molar-refractivity contribution in [2.45, 2.75) is 25.9 Å². The number of nitrogens with one attached hydrogen (secondary N) is 1. The molecule has 1 aromatic heterocycles. The van der Waals surface area contributed by atoms with Crippen molar-refractivity contribution in [3.63, 3.8) is 0 Å². The number of carbonyl (C=O) groups is 1. The molecule has 2 atom stereocenters. The van der Waals surface area contributed by atoms with Crippen LogP contribution < -0.4 is 5.32 Å². The van der Waals surface area contributed by atoms with Crippen LogP contribution >= 0.6 is 23.7 Å². The van der Waals surface area contributed by atoms with E-state index in [4.69, 9.17) is 0 Å². The summed E-state index contributed by atoms with van der Waals surface area (Å²) >= 11 is 0.935. The number of hydrogen-bond acceptors (Lipinski definition) is 5. The standard InChI is InChI=1S/C11H15N3O3S.ClH/c1-7-8(2)13(6-5-12-7)11(15)9-3-4-10(18-9)14(16)17;/h3-4,7-8,12H,5-6H2,1-2H3;1H. The summed E-state index contributed by atoms with van der Waals surface area (Å²) in [6.07, 6.45) is 0. The molecule has 1 aliphatic rings. The fraction of sp³-hybridized carbons (Fsp3) is 0.545. The van der Waals surface area contributed by atoms with Gasteiger partial charge in [0.15, 0.2) is 0 Å². The van der Waals surface area contributed by atoms with Crippen LogP contribution in [0.5, 0.6) is 0 Å². The fourth-order valence-electron chi connectivity index (χ4n) is 2.03. The third kappa shape index (κ3) is 3.23. The fourth-order valence-corrected chi connectivity index (χ4v) is 2.80. The first-order valence-corrected chi connectivity index (χ1v) is 6.61. The lowest BCUT2D eigenvalue weighted by Gasteiger charge is -2.38. The summed E-state index contributed by atoms with van der Waals surface area (Å²) in [4.78, 5) is 24.6. The van der Waals surface area contributed by atoms with Crippen molar-refractivity contribution in [2.24, 2.45) is 0 Å². The van der Waals surface area contributed by atoms with Crippen LogP contribution in [0.2, 0.25) is 0 Å². The molecule has 19 heavy (non-hydrogen) atoms.